The van der Waals surface area contributed by atoms with Gasteiger partial charge in [-0.1, -0.05) is 66.7 Å². The van der Waals surface area contributed by atoms with Crippen molar-refractivity contribution in [2.24, 2.45) is 11.8 Å². The van der Waals surface area contributed by atoms with Gasteiger partial charge in [0.2, 0.25) is 0 Å². The van der Waals surface area contributed by atoms with Crippen LogP contribution in [0, 0.1) is 11.8 Å². The molecule has 1 heterocycles. The third kappa shape index (κ3) is 4.93. The lowest BCUT2D eigenvalue weighted by Crippen LogP contribution is -2.52. The van der Waals surface area contributed by atoms with E-state index in [-0.39, 0.29) is 30.8 Å². The van der Waals surface area contributed by atoms with E-state index < -0.39 is 41.9 Å². The van der Waals surface area contributed by atoms with E-state index in [2.05, 4.69) is 31.9 Å². The average molecular weight is 652 g/mol. The van der Waals surface area contributed by atoms with Crippen molar-refractivity contribution in [2.75, 3.05) is 6.54 Å². The standard InChI is InChI=1S/C23H17Br2Cl3N2O4/c24-16-8-14-15(9-17(16)25)23(34)30(22(14)33)29(10-20(31)11-1-4-13(26)5-2-11)21(32)12-3-6-18(27)19(28)7-12/h1-7,14-17H,8-10H2/t14-,15-,16+,17+/m1/s1. The van der Waals surface area contributed by atoms with Crippen LogP contribution in [0.1, 0.15) is 33.6 Å². The zero-order valence-corrected chi connectivity index (χ0v) is 22.8. The van der Waals surface area contributed by atoms with Crippen molar-refractivity contribution in [1.29, 1.82) is 0 Å². The predicted molar refractivity (Wildman–Crippen MR) is 137 cm³/mol. The molecule has 2 fully saturated rings. The Morgan fingerprint density at radius 1 is 0.853 bits per heavy atom. The number of ketones is 1. The maximum atomic E-state index is 13.5. The van der Waals surface area contributed by atoms with E-state index in [1.165, 1.54) is 30.3 Å². The molecular formula is C23H17Br2Cl3N2O4. The third-order valence-corrected chi connectivity index (χ3v) is 9.71. The number of fused-ring (bicyclic) bond motifs is 1. The summed E-state index contributed by atoms with van der Waals surface area (Å²) in [4.78, 5) is 53.3. The van der Waals surface area contributed by atoms with Gasteiger partial charge >= 0.3 is 0 Å². The van der Waals surface area contributed by atoms with Crippen LogP contribution in [0.25, 0.3) is 0 Å². The quantitative estimate of drug-likeness (QED) is 0.233. The fourth-order valence-electron chi connectivity index (χ4n) is 4.19. The Bertz CT molecular complexity index is 1150. The van der Waals surface area contributed by atoms with Crippen molar-refractivity contribution in [3.05, 3.63) is 68.7 Å². The van der Waals surface area contributed by atoms with E-state index in [0.717, 1.165) is 10.0 Å². The van der Waals surface area contributed by atoms with Crippen LogP contribution in [0.2, 0.25) is 15.1 Å². The minimum absolute atomic E-state index is 0.000345. The molecule has 2 aliphatic rings. The topological polar surface area (TPSA) is 74.8 Å². The molecule has 1 aliphatic carbocycles. The van der Waals surface area contributed by atoms with Gasteiger partial charge in [0.25, 0.3) is 17.7 Å². The number of imide groups is 1. The van der Waals surface area contributed by atoms with Crippen molar-refractivity contribution >= 4 is 90.2 Å². The molecule has 0 spiro atoms. The molecule has 0 N–H and O–H groups in total. The molecule has 4 rings (SSSR count). The van der Waals surface area contributed by atoms with Crippen LogP contribution >= 0.6 is 66.7 Å². The first kappa shape index (κ1) is 25.6. The number of alkyl halides is 2. The first-order valence-corrected chi connectivity index (χ1v) is 13.3. The first-order valence-electron chi connectivity index (χ1n) is 10.3. The van der Waals surface area contributed by atoms with Crippen LogP contribution in [-0.4, -0.2) is 49.7 Å². The number of halogens is 5. The van der Waals surface area contributed by atoms with Crippen LogP contribution < -0.4 is 0 Å². The van der Waals surface area contributed by atoms with Gasteiger partial charge in [-0.15, -0.1) is 0 Å². The van der Waals surface area contributed by atoms with Gasteiger partial charge in [-0.2, -0.15) is 5.01 Å². The summed E-state index contributed by atoms with van der Waals surface area (Å²) in [6.07, 6.45) is 0.864. The van der Waals surface area contributed by atoms with Gasteiger partial charge in [0.15, 0.2) is 5.78 Å². The van der Waals surface area contributed by atoms with Gasteiger partial charge in [-0.05, 0) is 55.3 Å². The lowest BCUT2D eigenvalue weighted by Gasteiger charge is -2.30. The molecule has 178 valence electrons. The molecule has 2 aromatic carbocycles. The molecule has 2 aromatic rings. The molecule has 0 radical (unpaired) electrons. The number of rotatable bonds is 5. The summed E-state index contributed by atoms with van der Waals surface area (Å²) in [5.74, 6) is -3.35. The summed E-state index contributed by atoms with van der Waals surface area (Å²) in [5, 5.41) is 2.56. The van der Waals surface area contributed by atoms with Crippen molar-refractivity contribution in [3.63, 3.8) is 0 Å². The predicted octanol–water partition coefficient (Wildman–Crippen LogP) is 5.81. The molecule has 3 amide bonds. The summed E-state index contributed by atoms with van der Waals surface area (Å²) in [5.41, 5.74) is 0.374. The van der Waals surface area contributed by atoms with Gasteiger partial charge in [0.05, 0.1) is 21.9 Å². The van der Waals surface area contributed by atoms with Gasteiger partial charge in [0.1, 0.15) is 6.54 Å². The monoisotopic (exact) mass is 648 g/mol. The highest BCUT2D eigenvalue weighted by atomic mass is 79.9. The van der Waals surface area contributed by atoms with Gasteiger partial charge in [-0.25, -0.2) is 5.01 Å². The number of hydrogen-bond acceptors (Lipinski definition) is 4. The lowest BCUT2D eigenvalue weighted by atomic mass is 9.81. The Balaban J connectivity index is 1.71. The Kier molecular flexibility index (Phi) is 7.74. The molecule has 4 atom stereocenters. The number of amides is 3. The molecule has 0 bridgehead atoms. The van der Waals surface area contributed by atoms with Crippen molar-refractivity contribution in [2.45, 2.75) is 22.5 Å². The summed E-state index contributed by atoms with van der Waals surface area (Å²) in [6.45, 7) is -0.521. The normalized spacial score (nSPS) is 24.2. The van der Waals surface area contributed by atoms with Crippen molar-refractivity contribution in [1.82, 2.24) is 10.0 Å². The van der Waals surface area contributed by atoms with E-state index in [4.69, 9.17) is 34.8 Å². The molecule has 1 saturated carbocycles. The molecule has 1 saturated heterocycles. The number of Topliss-reactive ketones (excluding diaryl/α,β-unsaturated/α-hetero) is 1. The molecule has 1 aliphatic heterocycles. The molecular weight excluding hydrogens is 634 g/mol. The van der Waals surface area contributed by atoms with E-state index in [9.17, 15) is 19.2 Å². The second kappa shape index (κ2) is 10.3. The molecule has 0 unspecified atom stereocenters. The fourth-order valence-corrected chi connectivity index (χ4v) is 5.85. The van der Waals surface area contributed by atoms with Crippen LogP contribution in [-0.2, 0) is 9.59 Å². The minimum atomic E-state index is -0.716. The van der Waals surface area contributed by atoms with Crippen LogP contribution in [0.3, 0.4) is 0 Å². The van der Waals surface area contributed by atoms with Crippen LogP contribution in [0.4, 0.5) is 0 Å². The third-order valence-electron chi connectivity index (χ3n) is 5.99. The molecule has 34 heavy (non-hydrogen) atoms. The SMILES string of the molecule is O=C(CN(C(=O)c1ccc(Cl)c(Cl)c1)N1C(=O)[C@@H]2C[C@H](Br)[C@@H](Br)C[C@H]2C1=O)c1ccc(Cl)cc1. The smallest absolute Gasteiger partial charge is 0.273 e. The Hall–Kier alpha value is -1.45. The van der Waals surface area contributed by atoms with Gasteiger partial charge < -0.3 is 0 Å². The fraction of sp³-hybridized carbons (Fsp3) is 0.304. The van der Waals surface area contributed by atoms with E-state index >= 15 is 0 Å². The largest absolute Gasteiger partial charge is 0.292 e. The molecule has 11 heteroatoms. The summed E-state index contributed by atoms with van der Waals surface area (Å²) >= 11 is 25.1. The Morgan fingerprint density at radius 3 is 1.91 bits per heavy atom. The number of carbonyl (C=O) groups is 4. The van der Waals surface area contributed by atoms with Crippen molar-refractivity contribution < 1.29 is 19.2 Å². The zero-order valence-electron chi connectivity index (χ0n) is 17.4. The minimum Gasteiger partial charge on any atom is -0.292 e. The van der Waals surface area contributed by atoms with Gasteiger partial charge in [0, 0.05) is 25.8 Å². The van der Waals surface area contributed by atoms with Crippen LogP contribution in [0.15, 0.2) is 42.5 Å². The number of hydrazine groups is 1. The first-order chi connectivity index (χ1) is 16.1. The lowest BCUT2D eigenvalue weighted by molar-refractivity contribution is -0.154. The maximum Gasteiger partial charge on any atom is 0.273 e. The second-order valence-electron chi connectivity index (χ2n) is 8.13. The molecule has 0 aromatic heterocycles. The number of hydrogen-bond donors (Lipinski definition) is 0. The Morgan fingerprint density at radius 2 is 1.38 bits per heavy atom. The van der Waals surface area contributed by atoms with Crippen molar-refractivity contribution in [3.8, 4) is 0 Å². The van der Waals surface area contributed by atoms with Gasteiger partial charge in [-0.3, -0.25) is 19.2 Å². The summed E-state index contributed by atoms with van der Waals surface area (Å²) in [6, 6.07) is 10.3. The maximum absolute atomic E-state index is 13.5. The van der Waals surface area contributed by atoms with E-state index in [1.54, 1.807) is 12.1 Å². The zero-order chi connectivity index (χ0) is 24.7. The summed E-state index contributed by atoms with van der Waals surface area (Å²) < 4.78 is 0. The second-order valence-corrected chi connectivity index (χ2v) is 11.7. The van der Waals surface area contributed by atoms with Crippen LogP contribution in [0.5, 0.6) is 0 Å². The van der Waals surface area contributed by atoms with E-state index in [1.807, 2.05) is 0 Å². The number of nitrogens with zero attached hydrogens (tertiary/aromatic N) is 2. The summed E-state index contributed by atoms with van der Waals surface area (Å²) in [7, 11) is 0. The molecule has 6 nitrogen and oxygen atoms in total. The van der Waals surface area contributed by atoms with E-state index in [0.29, 0.717) is 17.9 Å². The Labute approximate surface area is 227 Å². The highest BCUT2D eigenvalue weighted by Crippen LogP contribution is 2.43. The highest BCUT2D eigenvalue weighted by molar-refractivity contribution is 9.12. The number of benzene rings is 2. The number of carbonyl (C=O) groups excluding carboxylic acids is 4. The average Bonchev–Trinajstić information content (AvgIpc) is 3.03. The highest BCUT2D eigenvalue weighted by Gasteiger charge is 2.54.